The minimum Gasteiger partial charge on any atom is -0.467 e. The molecule has 1 N–H and O–H groups in total. The fraction of sp³-hybridized carbons (Fsp3) is 0.455. The molecule has 0 aliphatic rings. The maximum atomic E-state index is 11.5. The Labute approximate surface area is 152 Å². The van der Waals surface area contributed by atoms with Crippen LogP contribution < -0.4 is 5.32 Å². The van der Waals surface area contributed by atoms with Gasteiger partial charge in [-0.15, -0.1) is 11.8 Å². The number of nitrogens with one attached hydrogen (secondary N) is 1. The second kappa shape index (κ2) is 10.9. The molecule has 0 radical (unpaired) electrons. The fourth-order valence-electron chi connectivity index (χ4n) is 1.14. The van der Waals surface area contributed by atoms with E-state index in [0.717, 1.165) is 11.8 Å². The Kier molecular flexibility index (Phi) is 11.0. The molecule has 0 saturated carbocycles. The largest absolute Gasteiger partial charge is 0.467 e. The predicted octanol–water partition coefficient (Wildman–Crippen LogP) is 4.32. The highest BCUT2D eigenvalue weighted by molar-refractivity contribution is 8.04. The van der Waals surface area contributed by atoms with Crippen molar-refractivity contribution in [3.8, 4) is 0 Å². The number of hydrogen-bond acceptors (Lipinski definition) is 4. The number of methoxy groups -OCH3 is 1. The number of hydrogen-bond donors (Lipinski definition) is 1. The zero-order valence-electron chi connectivity index (χ0n) is 11.0. The molecule has 0 aliphatic carbocycles. The lowest BCUT2D eigenvalue weighted by Crippen LogP contribution is -2.40. The van der Waals surface area contributed by atoms with Crippen LogP contribution in [0.5, 0.6) is 0 Å². The van der Waals surface area contributed by atoms with E-state index in [1.807, 2.05) is 0 Å². The average Bonchev–Trinajstić information content (AvgIpc) is 2.42. The van der Waals surface area contributed by atoms with Crippen molar-refractivity contribution < 1.29 is 14.3 Å². The van der Waals surface area contributed by atoms with Gasteiger partial charge in [-0.25, -0.2) is 4.79 Å². The molecule has 21 heavy (non-hydrogen) atoms. The standard InChI is InChI=1S/C11H12Cl5NO3S/c1-5(18)17-6(11(19)20-2)3-4-21-10(16)8(13)7(12)9(14)15/h6H,3-4H2,1-2H3,(H,17,18)/b10-8-. The molecule has 0 bridgehead atoms. The summed E-state index contributed by atoms with van der Waals surface area (Å²) in [6.07, 6.45) is 0.299. The first-order valence-electron chi connectivity index (χ1n) is 5.44. The lowest BCUT2D eigenvalue weighted by atomic mass is 10.2. The number of thioether (sulfide) groups is 1. The van der Waals surface area contributed by atoms with Crippen molar-refractivity contribution in [2.75, 3.05) is 12.9 Å². The SMILES string of the molecule is COC(=O)C(CCS/C(Cl)=C(\Cl)C(Cl)=C(Cl)Cl)NC(C)=O. The van der Waals surface area contributed by atoms with Crippen LogP contribution in [0.3, 0.4) is 0 Å². The van der Waals surface area contributed by atoms with Crippen LogP contribution >= 0.6 is 69.8 Å². The van der Waals surface area contributed by atoms with Gasteiger partial charge in [-0.3, -0.25) is 4.79 Å². The molecule has 0 saturated heterocycles. The summed E-state index contributed by atoms with van der Waals surface area (Å²) in [5, 5.41) is 2.42. The van der Waals surface area contributed by atoms with Gasteiger partial charge < -0.3 is 10.1 Å². The first-order chi connectivity index (χ1) is 9.70. The topological polar surface area (TPSA) is 55.4 Å². The third-order valence-electron chi connectivity index (χ3n) is 2.03. The van der Waals surface area contributed by atoms with Crippen molar-refractivity contribution in [2.24, 2.45) is 0 Å². The lowest BCUT2D eigenvalue weighted by molar-refractivity contribution is -0.144. The fourth-order valence-corrected chi connectivity index (χ4v) is 2.97. The van der Waals surface area contributed by atoms with Crippen molar-refractivity contribution in [1.82, 2.24) is 5.32 Å². The van der Waals surface area contributed by atoms with Crippen molar-refractivity contribution >= 4 is 81.6 Å². The molecule has 0 rings (SSSR count). The number of rotatable bonds is 7. The van der Waals surface area contributed by atoms with Crippen molar-refractivity contribution in [3.63, 3.8) is 0 Å². The highest BCUT2D eigenvalue weighted by Crippen LogP contribution is 2.36. The van der Waals surface area contributed by atoms with Gasteiger partial charge in [0.05, 0.1) is 21.5 Å². The molecule has 0 aromatic carbocycles. The maximum absolute atomic E-state index is 11.5. The van der Waals surface area contributed by atoms with Gasteiger partial charge >= 0.3 is 5.97 Å². The summed E-state index contributed by atoms with van der Waals surface area (Å²) in [5.74, 6) is -0.493. The van der Waals surface area contributed by atoms with E-state index in [-0.39, 0.29) is 24.8 Å². The van der Waals surface area contributed by atoms with Crippen LogP contribution in [-0.4, -0.2) is 30.8 Å². The molecule has 0 heterocycles. The van der Waals surface area contributed by atoms with Gasteiger partial charge in [-0.05, 0) is 6.42 Å². The quantitative estimate of drug-likeness (QED) is 0.497. The van der Waals surface area contributed by atoms with Crippen LogP contribution in [0.15, 0.2) is 18.9 Å². The van der Waals surface area contributed by atoms with Crippen molar-refractivity contribution in [2.45, 2.75) is 19.4 Å². The van der Waals surface area contributed by atoms with Gasteiger partial charge in [-0.1, -0.05) is 58.0 Å². The molecule has 10 heteroatoms. The Balaban J connectivity index is 4.64. The highest BCUT2D eigenvalue weighted by atomic mass is 35.5. The highest BCUT2D eigenvalue weighted by Gasteiger charge is 2.20. The third-order valence-corrected chi connectivity index (χ3v) is 5.08. The number of carbonyl (C=O) groups is 2. The number of carbonyl (C=O) groups excluding carboxylic acids is 2. The van der Waals surface area contributed by atoms with E-state index < -0.39 is 12.0 Å². The van der Waals surface area contributed by atoms with Crippen molar-refractivity contribution in [3.05, 3.63) is 18.9 Å². The minimum absolute atomic E-state index is 0.0116. The van der Waals surface area contributed by atoms with Crippen LogP contribution in [0.4, 0.5) is 0 Å². The van der Waals surface area contributed by atoms with Crippen molar-refractivity contribution in [1.29, 1.82) is 0 Å². The van der Waals surface area contributed by atoms with E-state index in [4.69, 9.17) is 58.0 Å². The smallest absolute Gasteiger partial charge is 0.328 e. The van der Waals surface area contributed by atoms with E-state index in [0.29, 0.717) is 12.2 Å². The molecular formula is C11H12Cl5NO3S. The van der Waals surface area contributed by atoms with E-state index >= 15 is 0 Å². The molecule has 0 spiro atoms. The van der Waals surface area contributed by atoms with Gasteiger partial charge in [0.25, 0.3) is 0 Å². The number of esters is 1. The van der Waals surface area contributed by atoms with Gasteiger partial charge in [0.2, 0.25) is 5.91 Å². The van der Waals surface area contributed by atoms with E-state index in [1.54, 1.807) is 0 Å². The lowest BCUT2D eigenvalue weighted by Gasteiger charge is -2.15. The van der Waals surface area contributed by atoms with Crippen LogP contribution in [0.25, 0.3) is 0 Å². The average molecular weight is 416 g/mol. The summed E-state index contributed by atoms with van der Waals surface area (Å²) in [7, 11) is 1.24. The molecule has 0 aromatic heterocycles. The molecule has 0 fully saturated rings. The Morgan fingerprint density at radius 2 is 1.71 bits per heavy atom. The Bertz CT molecular complexity index is 463. The Hall–Kier alpha value is 0.220. The van der Waals surface area contributed by atoms with Crippen LogP contribution in [0, 0.1) is 0 Å². The van der Waals surface area contributed by atoms with E-state index in [1.165, 1.54) is 14.0 Å². The van der Waals surface area contributed by atoms with Crippen LogP contribution in [0.2, 0.25) is 0 Å². The normalized spacial score (nSPS) is 13.1. The number of amides is 1. The summed E-state index contributed by atoms with van der Waals surface area (Å²) in [5.41, 5.74) is 0. The molecule has 0 aliphatic heterocycles. The number of allylic oxidation sites excluding steroid dienone is 2. The molecular weight excluding hydrogens is 403 g/mol. The first-order valence-corrected chi connectivity index (χ1v) is 8.32. The zero-order chi connectivity index (χ0) is 16.6. The molecule has 120 valence electrons. The molecule has 4 nitrogen and oxygen atoms in total. The summed E-state index contributed by atoms with van der Waals surface area (Å²) in [4.78, 5) is 22.5. The van der Waals surface area contributed by atoms with E-state index in [9.17, 15) is 9.59 Å². The third kappa shape index (κ3) is 8.43. The predicted molar refractivity (Wildman–Crippen MR) is 90.0 cm³/mol. The minimum atomic E-state index is -0.758. The van der Waals surface area contributed by atoms with Gasteiger partial charge in [-0.2, -0.15) is 0 Å². The van der Waals surface area contributed by atoms with Crippen LogP contribution in [0.1, 0.15) is 13.3 Å². The molecule has 1 atom stereocenters. The number of halogens is 5. The number of ether oxygens (including phenoxy) is 1. The summed E-state index contributed by atoms with van der Waals surface area (Å²) >= 11 is 29.7. The summed E-state index contributed by atoms with van der Waals surface area (Å²) in [6, 6.07) is -0.758. The summed E-state index contributed by atoms with van der Waals surface area (Å²) < 4.78 is 4.56. The second-order valence-corrected chi connectivity index (χ2v) is 6.99. The second-order valence-electron chi connectivity index (χ2n) is 3.58. The molecule has 1 amide bonds. The van der Waals surface area contributed by atoms with Crippen LogP contribution in [-0.2, 0) is 14.3 Å². The first kappa shape index (κ1) is 21.2. The molecule has 1 unspecified atom stereocenters. The Morgan fingerprint density at radius 1 is 1.14 bits per heavy atom. The monoisotopic (exact) mass is 413 g/mol. The summed E-state index contributed by atoms with van der Waals surface area (Å²) in [6.45, 7) is 1.31. The van der Waals surface area contributed by atoms with Gasteiger partial charge in [0, 0.05) is 12.7 Å². The van der Waals surface area contributed by atoms with Gasteiger partial charge in [0.1, 0.15) is 10.5 Å². The zero-order valence-corrected chi connectivity index (χ0v) is 15.6. The molecule has 0 aromatic rings. The van der Waals surface area contributed by atoms with E-state index in [2.05, 4.69) is 10.1 Å². The Morgan fingerprint density at radius 3 is 2.14 bits per heavy atom. The van der Waals surface area contributed by atoms with Gasteiger partial charge in [0.15, 0.2) is 0 Å². The maximum Gasteiger partial charge on any atom is 0.328 e.